The number of piperidine rings is 1. The van der Waals surface area contributed by atoms with Crippen LogP contribution in [0.25, 0.3) is 0 Å². The lowest BCUT2D eigenvalue weighted by Gasteiger charge is -2.47. The van der Waals surface area contributed by atoms with Crippen LogP contribution in [-0.4, -0.2) is 53.2 Å². The quantitative estimate of drug-likeness (QED) is 0.858. The van der Waals surface area contributed by atoms with Gasteiger partial charge in [0.15, 0.2) is 0 Å². The predicted molar refractivity (Wildman–Crippen MR) is 99.2 cm³/mol. The number of ether oxygens (including phenoxy) is 1. The van der Waals surface area contributed by atoms with Gasteiger partial charge in [0, 0.05) is 51.2 Å². The van der Waals surface area contributed by atoms with Crippen molar-refractivity contribution in [1.29, 1.82) is 0 Å². The first-order valence-electron chi connectivity index (χ1n) is 9.31. The average Bonchev–Trinajstić information content (AvgIpc) is 2.65. The van der Waals surface area contributed by atoms with E-state index in [1.54, 1.807) is 0 Å². The van der Waals surface area contributed by atoms with E-state index in [2.05, 4.69) is 52.0 Å². The number of morpholine rings is 1. The standard InChI is InChI=1S/C21H27N3O/c1-17-5-2-3-7-19(17)15-23-10-8-21-20(16-23)24(11-12-25-21)14-18-6-4-9-22-13-18/h2-7,9,13,20-21H,8,10-12,14-16H2,1H3/t20-,21-/m0/s1. The fourth-order valence-corrected chi connectivity index (χ4v) is 4.10. The Labute approximate surface area is 150 Å². The van der Waals surface area contributed by atoms with Gasteiger partial charge in [-0.15, -0.1) is 0 Å². The third kappa shape index (κ3) is 3.92. The van der Waals surface area contributed by atoms with E-state index in [1.165, 1.54) is 16.7 Å². The van der Waals surface area contributed by atoms with Crippen LogP contribution in [-0.2, 0) is 17.8 Å². The Kier molecular flexibility index (Phi) is 5.11. The van der Waals surface area contributed by atoms with Gasteiger partial charge in [0.1, 0.15) is 0 Å². The zero-order chi connectivity index (χ0) is 17.1. The van der Waals surface area contributed by atoms with E-state index in [4.69, 9.17) is 4.74 Å². The van der Waals surface area contributed by atoms with E-state index >= 15 is 0 Å². The molecule has 0 N–H and O–H groups in total. The number of hydrogen-bond acceptors (Lipinski definition) is 4. The number of fused-ring (bicyclic) bond motifs is 1. The Hall–Kier alpha value is -1.75. The molecule has 1 aromatic carbocycles. The second-order valence-electron chi connectivity index (χ2n) is 7.26. The van der Waals surface area contributed by atoms with Crippen molar-refractivity contribution in [1.82, 2.24) is 14.8 Å². The van der Waals surface area contributed by atoms with E-state index in [9.17, 15) is 0 Å². The zero-order valence-corrected chi connectivity index (χ0v) is 15.0. The minimum atomic E-state index is 0.374. The Morgan fingerprint density at radius 3 is 2.88 bits per heavy atom. The number of pyridine rings is 1. The first-order chi connectivity index (χ1) is 12.3. The van der Waals surface area contributed by atoms with E-state index in [0.717, 1.165) is 45.8 Å². The summed E-state index contributed by atoms with van der Waals surface area (Å²) in [7, 11) is 0. The van der Waals surface area contributed by atoms with Crippen molar-refractivity contribution in [2.75, 3.05) is 26.2 Å². The predicted octanol–water partition coefficient (Wildman–Crippen LogP) is 2.87. The van der Waals surface area contributed by atoms with Crippen LogP contribution in [0.15, 0.2) is 48.8 Å². The van der Waals surface area contributed by atoms with Crippen molar-refractivity contribution in [2.45, 2.75) is 38.6 Å². The van der Waals surface area contributed by atoms with Crippen LogP contribution < -0.4 is 0 Å². The molecule has 2 aliphatic rings. The molecule has 0 aliphatic carbocycles. The van der Waals surface area contributed by atoms with Gasteiger partial charge >= 0.3 is 0 Å². The van der Waals surface area contributed by atoms with Gasteiger partial charge in [-0.1, -0.05) is 30.3 Å². The Bertz CT molecular complexity index is 691. The van der Waals surface area contributed by atoms with Crippen molar-refractivity contribution in [3.63, 3.8) is 0 Å². The molecule has 4 nitrogen and oxygen atoms in total. The van der Waals surface area contributed by atoms with Gasteiger partial charge in [0.05, 0.1) is 12.7 Å². The van der Waals surface area contributed by atoms with Crippen molar-refractivity contribution in [3.05, 3.63) is 65.5 Å². The molecule has 1 aromatic heterocycles. The van der Waals surface area contributed by atoms with Crippen molar-refractivity contribution in [3.8, 4) is 0 Å². The van der Waals surface area contributed by atoms with Crippen LogP contribution in [0.2, 0.25) is 0 Å². The van der Waals surface area contributed by atoms with Crippen LogP contribution >= 0.6 is 0 Å². The number of hydrogen-bond donors (Lipinski definition) is 0. The van der Waals surface area contributed by atoms with Crippen LogP contribution in [0, 0.1) is 6.92 Å². The molecule has 0 saturated carbocycles. The minimum absolute atomic E-state index is 0.374. The summed E-state index contributed by atoms with van der Waals surface area (Å²) in [5, 5.41) is 0. The monoisotopic (exact) mass is 337 g/mol. The second kappa shape index (κ2) is 7.65. The molecule has 2 saturated heterocycles. The SMILES string of the molecule is Cc1ccccc1CN1CC[C@@H]2OCCN(Cc3cccnc3)[C@H]2C1. The number of aryl methyl sites for hydroxylation is 1. The van der Waals surface area contributed by atoms with E-state index < -0.39 is 0 Å². The molecule has 0 spiro atoms. The van der Waals surface area contributed by atoms with Crippen molar-refractivity contribution in [2.24, 2.45) is 0 Å². The number of rotatable bonds is 4. The third-order valence-corrected chi connectivity index (χ3v) is 5.55. The first kappa shape index (κ1) is 16.7. The normalized spacial score (nSPS) is 24.8. The molecule has 0 bridgehead atoms. The summed E-state index contributed by atoms with van der Waals surface area (Å²) in [6, 6.07) is 13.4. The lowest BCUT2D eigenvalue weighted by Crippen LogP contribution is -2.59. The molecule has 2 atom stereocenters. The maximum atomic E-state index is 6.09. The largest absolute Gasteiger partial charge is 0.375 e. The summed E-state index contributed by atoms with van der Waals surface area (Å²) >= 11 is 0. The highest BCUT2D eigenvalue weighted by atomic mass is 16.5. The lowest BCUT2D eigenvalue weighted by atomic mass is 9.97. The molecule has 0 radical (unpaired) electrons. The summed E-state index contributed by atoms with van der Waals surface area (Å²) in [5.74, 6) is 0. The molecule has 4 rings (SSSR count). The number of aromatic nitrogens is 1. The van der Waals surface area contributed by atoms with Crippen LogP contribution in [0.5, 0.6) is 0 Å². The maximum Gasteiger partial charge on any atom is 0.0755 e. The highest BCUT2D eigenvalue weighted by Crippen LogP contribution is 2.26. The minimum Gasteiger partial charge on any atom is -0.375 e. The molecule has 25 heavy (non-hydrogen) atoms. The van der Waals surface area contributed by atoms with Crippen molar-refractivity contribution >= 4 is 0 Å². The molecule has 3 heterocycles. The van der Waals surface area contributed by atoms with Crippen LogP contribution in [0.4, 0.5) is 0 Å². The van der Waals surface area contributed by atoms with Gasteiger partial charge in [-0.25, -0.2) is 0 Å². The van der Waals surface area contributed by atoms with E-state index in [-0.39, 0.29) is 0 Å². The summed E-state index contributed by atoms with van der Waals surface area (Å²) in [4.78, 5) is 9.45. The molecule has 132 valence electrons. The number of likely N-dealkylation sites (tertiary alicyclic amines) is 1. The summed E-state index contributed by atoms with van der Waals surface area (Å²) in [6.45, 7) is 8.27. The Balaban J connectivity index is 1.45. The first-order valence-corrected chi connectivity index (χ1v) is 9.31. The molecule has 4 heteroatoms. The fourth-order valence-electron chi connectivity index (χ4n) is 4.10. The average molecular weight is 337 g/mol. The second-order valence-corrected chi connectivity index (χ2v) is 7.26. The summed E-state index contributed by atoms with van der Waals surface area (Å²) in [5.41, 5.74) is 4.12. The summed E-state index contributed by atoms with van der Waals surface area (Å²) < 4.78 is 6.09. The number of benzene rings is 1. The van der Waals surface area contributed by atoms with Gasteiger partial charge in [0.2, 0.25) is 0 Å². The summed E-state index contributed by atoms with van der Waals surface area (Å²) in [6.07, 6.45) is 5.33. The number of nitrogens with zero attached hydrogens (tertiary/aromatic N) is 3. The highest BCUT2D eigenvalue weighted by Gasteiger charge is 2.36. The van der Waals surface area contributed by atoms with Crippen LogP contribution in [0.3, 0.4) is 0 Å². The zero-order valence-electron chi connectivity index (χ0n) is 15.0. The van der Waals surface area contributed by atoms with Gasteiger partial charge in [-0.05, 0) is 36.1 Å². The van der Waals surface area contributed by atoms with Crippen LogP contribution in [0.1, 0.15) is 23.1 Å². The maximum absolute atomic E-state index is 6.09. The fraction of sp³-hybridized carbons (Fsp3) is 0.476. The topological polar surface area (TPSA) is 28.6 Å². The van der Waals surface area contributed by atoms with Gasteiger partial charge in [-0.3, -0.25) is 14.8 Å². The van der Waals surface area contributed by atoms with Gasteiger partial charge < -0.3 is 4.74 Å². The molecule has 2 aromatic rings. The Morgan fingerprint density at radius 2 is 2.04 bits per heavy atom. The highest BCUT2D eigenvalue weighted by molar-refractivity contribution is 5.25. The van der Waals surface area contributed by atoms with Crippen molar-refractivity contribution < 1.29 is 4.74 Å². The molecule has 0 amide bonds. The molecule has 2 fully saturated rings. The van der Waals surface area contributed by atoms with E-state index in [0.29, 0.717) is 12.1 Å². The molecule has 0 unspecified atom stereocenters. The molecular formula is C21H27N3O. The molecule has 2 aliphatic heterocycles. The van der Waals surface area contributed by atoms with Gasteiger partial charge in [-0.2, -0.15) is 0 Å². The third-order valence-electron chi connectivity index (χ3n) is 5.55. The molecular weight excluding hydrogens is 310 g/mol. The van der Waals surface area contributed by atoms with E-state index in [1.807, 2.05) is 18.5 Å². The van der Waals surface area contributed by atoms with Gasteiger partial charge in [0.25, 0.3) is 0 Å². The lowest BCUT2D eigenvalue weighted by molar-refractivity contribution is -0.107. The smallest absolute Gasteiger partial charge is 0.0755 e. The Morgan fingerprint density at radius 1 is 1.12 bits per heavy atom.